The van der Waals surface area contributed by atoms with Gasteiger partial charge in [-0.05, 0) is 23.8 Å². The number of H-pyrrole nitrogens is 1. The van der Waals surface area contributed by atoms with Gasteiger partial charge >= 0.3 is 23.9 Å². The molecule has 1 aliphatic heterocycles. The Labute approximate surface area is 232 Å². The molecule has 0 aliphatic carbocycles. The molecular weight excluding hydrogens is 550 g/mol. The lowest BCUT2D eigenvalue weighted by Gasteiger charge is -2.33. The normalized spacial score (nSPS) is 13.2. The highest BCUT2D eigenvalue weighted by atomic mass is 35.5. The number of aromatic amines is 1. The standard InChI is InChI=1S/C21H24ClN5O.2C2H2O4/c22-17-6-2-1-5-16(17)13-23-21(28)15-27-11-9-26(10-12-27)14-20-24-18-7-3-4-8-19(18)25-20;2*3-1(4)2(5)6/h1-8H,9-15H2,(H,23,28)(H,24,25);2*(H,3,4)(H,5,6). The van der Waals surface area contributed by atoms with Crippen LogP contribution in [0, 0.1) is 0 Å². The largest absolute Gasteiger partial charge is 0.473 e. The molecule has 15 heteroatoms. The van der Waals surface area contributed by atoms with E-state index in [0.29, 0.717) is 18.1 Å². The Balaban J connectivity index is 0.000000393. The van der Waals surface area contributed by atoms with Gasteiger partial charge in [0.2, 0.25) is 5.91 Å². The van der Waals surface area contributed by atoms with Crippen molar-refractivity contribution >= 4 is 52.4 Å². The number of halogens is 1. The summed E-state index contributed by atoms with van der Waals surface area (Å²) in [6.07, 6.45) is 0. The lowest BCUT2D eigenvalue weighted by Crippen LogP contribution is -2.49. The number of hydrogen-bond donors (Lipinski definition) is 6. The number of amides is 1. The fraction of sp³-hybridized carbons (Fsp3) is 0.280. The van der Waals surface area contributed by atoms with Crippen LogP contribution in [0.5, 0.6) is 0 Å². The molecule has 40 heavy (non-hydrogen) atoms. The monoisotopic (exact) mass is 577 g/mol. The summed E-state index contributed by atoms with van der Waals surface area (Å²) in [6, 6.07) is 15.7. The zero-order chi connectivity index (χ0) is 29.7. The number of hydrogen-bond acceptors (Lipinski definition) is 8. The molecule has 6 N–H and O–H groups in total. The lowest BCUT2D eigenvalue weighted by molar-refractivity contribution is -0.159. The Morgan fingerprint density at radius 2 is 1.32 bits per heavy atom. The van der Waals surface area contributed by atoms with E-state index in [1.54, 1.807) is 0 Å². The highest BCUT2D eigenvalue weighted by molar-refractivity contribution is 6.31. The zero-order valence-corrected chi connectivity index (χ0v) is 21.9. The van der Waals surface area contributed by atoms with Gasteiger partial charge in [-0.2, -0.15) is 0 Å². The van der Waals surface area contributed by atoms with Gasteiger partial charge in [-0.15, -0.1) is 0 Å². The Kier molecular flexibility index (Phi) is 12.5. The van der Waals surface area contributed by atoms with Crippen LogP contribution in [0.2, 0.25) is 5.02 Å². The van der Waals surface area contributed by atoms with Crippen LogP contribution in [0.1, 0.15) is 11.4 Å². The molecule has 1 amide bonds. The van der Waals surface area contributed by atoms with Gasteiger partial charge in [0.1, 0.15) is 5.82 Å². The molecule has 3 aromatic rings. The number of nitrogens with zero attached hydrogens (tertiary/aromatic N) is 3. The van der Waals surface area contributed by atoms with Crippen LogP contribution < -0.4 is 5.32 Å². The van der Waals surface area contributed by atoms with E-state index >= 15 is 0 Å². The predicted molar refractivity (Wildman–Crippen MR) is 142 cm³/mol. The molecule has 1 fully saturated rings. The van der Waals surface area contributed by atoms with Gasteiger partial charge in [0, 0.05) is 37.7 Å². The Hall–Kier alpha value is -4.53. The second kappa shape index (κ2) is 15.8. The van der Waals surface area contributed by atoms with Crippen molar-refractivity contribution in [1.29, 1.82) is 0 Å². The number of carbonyl (C=O) groups excluding carboxylic acids is 1. The van der Waals surface area contributed by atoms with Crippen molar-refractivity contribution in [2.24, 2.45) is 0 Å². The highest BCUT2D eigenvalue weighted by Crippen LogP contribution is 2.15. The molecule has 0 spiro atoms. The number of carboxylic acids is 4. The molecule has 4 rings (SSSR count). The van der Waals surface area contributed by atoms with E-state index in [1.807, 2.05) is 48.5 Å². The molecule has 0 unspecified atom stereocenters. The van der Waals surface area contributed by atoms with Gasteiger partial charge in [-0.25, -0.2) is 24.2 Å². The number of benzene rings is 2. The molecule has 0 radical (unpaired) electrons. The second-order valence-corrected chi connectivity index (χ2v) is 8.75. The third-order valence-corrected chi connectivity index (χ3v) is 5.81. The smallest absolute Gasteiger partial charge is 0.414 e. The van der Waals surface area contributed by atoms with Gasteiger partial charge in [0.15, 0.2) is 0 Å². The Morgan fingerprint density at radius 3 is 1.88 bits per heavy atom. The number of rotatable bonds is 6. The maximum absolute atomic E-state index is 12.2. The van der Waals surface area contributed by atoms with Crippen molar-refractivity contribution in [1.82, 2.24) is 25.1 Å². The Morgan fingerprint density at radius 1 is 0.800 bits per heavy atom. The first kappa shape index (κ1) is 31.7. The molecule has 0 saturated carbocycles. The van der Waals surface area contributed by atoms with Gasteiger partial charge in [-0.1, -0.05) is 41.9 Å². The second-order valence-electron chi connectivity index (χ2n) is 8.34. The van der Waals surface area contributed by atoms with Crippen molar-refractivity contribution in [2.75, 3.05) is 32.7 Å². The van der Waals surface area contributed by atoms with Crippen LogP contribution in [-0.4, -0.2) is 103 Å². The van der Waals surface area contributed by atoms with Crippen LogP contribution in [-0.2, 0) is 37.1 Å². The number of nitrogens with one attached hydrogen (secondary N) is 2. The molecule has 1 aliphatic rings. The van der Waals surface area contributed by atoms with E-state index in [2.05, 4.69) is 25.1 Å². The van der Waals surface area contributed by atoms with E-state index < -0.39 is 23.9 Å². The fourth-order valence-corrected chi connectivity index (χ4v) is 3.69. The minimum absolute atomic E-state index is 0.0330. The van der Waals surface area contributed by atoms with E-state index in [9.17, 15) is 4.79 Å². The first-order chi connectivity index (χ1) is 19.0. The molecule has 1 aromatic heterocycles. The molecular formula is C25H28ClN5O9. The molecule has 0 bridgehead atoms. The minimum atomic E-state index is -1.82. The molecule has 214 valence electrons. The van der Waals surface area contributed by atoms with Crippen LogP contribution in [0.25, 0.3) is 11.0 Å². The minimum Gasteiger partial charge on any atom is -0.473 e. The van der Waals surface area contributed by atoms with E-state index in [0.717, 1.165) is 55.1 Å². The summed E-state index contributed by atoms with van der Waals surface area (Å²) in [5.41, 5.74) is 3.02. The third-order valence-electron chi connectivity index (χ3n) is 5.44. The first-order valence-corrected chi connectivity index (χ1v) is 12.1. The fourth-order valence-electron chi connectivity index (χ4n) is 3.49. The van der Waals surface area contributed by atoms with Crippen LogP contribution in [0.15, 0.2) is 48.5 Å². The maximum atomic E-state index is 12.2. The van der Waals surface area contributed by atoms with Gasteiger partial charge < -0.3 is 30.7 Å². The molecule has 2 aromatic carbocycles. The highest BCUT2D eigenvalue weighted by Gasteiger charge is 2.20. The summed E-state index contributed by atoms with van der Waals surface area (Å²) in [7, 11) is 0. The number of piperazine rings is 1. The van der Waals surface area contributed by atoms with E-state index in [4.69, 9.17) is 51.2 Å². The lowest BCUT2D eigenvalue weighted by atomic mass is 10.2. The predicted octanol–water partition coefficient (Wildman–Crippen LogP) is 0.962. The van der Waals surface area contributed by atoms with Crippen molar-refractivity contribution < 1.29 is 44.4 Å². The third kappa shape index (κ3) is 11.1. The molecule has 0 atom stereocenters. The van der Waals surface area contributed by atoms with Crippen molar-refractivity contribution in [2.45, 2.75) is 13.1 Å². The van der Waals surface area contributed by atoms with Crippen molar-refractivity contribution in [3.63, 3.8) is 0 Å². The quantitative estimate of drug-likeness (QED) is 0.226. The zero-order valence-electron chi connectivity index (χ0n) is 21.1. The summed E-state index contributed by atoms with van der Waals surface area (Å²) in [5, 5.41) is 33.2. The topological polar surface area (TPSA) is 213 Å². The SMILES string of the molecule is O=C(CN1CCN(Cc2nc3ccccc3[nH]2)CC1)NCc1ccccc1Cl.O=C(O)C(=O)O.O=C(O)C(=O)O. The number of aliphatic carboxylic acids is 4. The summed E-state index contributed by atoms with van der Waals surface area (Å²) in [5.74, 6) is -6.27. The number of fused-ring (bicyclic) bond motifs is 1. The van der Waals surface area contributed by atoms with Crippen LogP contribution in [0.4, 0.5) is 0 Å². The molecule has 1 saturated heterocycles. The number of imidazole rings is 1. The average Bonchev–Trinajstić information content (AvgIpc) is 3.32. The average molecular weight is 578 g/mol. The van der Waals surface area contributed by atoms with Crippen LogP contribution >= 0.6 is 11.6 Å². The summed E-state index contributed by atoms with van der Waals surface area (Å²) >= 11 is 6.13. The van der Waals surface area contributed by atoms with Gasteiger partial charge in [-0.3, -0.25) is 14.6 Å². The number of aromatic nitrogens is 2. The maximum Gasteiger partial charge on any atom is 0.414 e. The summed E-state index contributed by atoms with van der Waals surface area (Å²) in [4.78, 5) is 61.2. The first-order valence-electron chi connectivity index (χ1n) is 11.8. The van der Waals surface area contributed by atoms with Crippen molar-refractivity contribution in [3.05, 3.63) is 64.9 Å². The Bertz CT molecular complexity index is 1260. The van der Waals surface area contributed by atoms with Crippen molar-refractivity contribution in [3.8, 4) is 0 Å². The van der Waals surface area contributed by atoms with E-state index in [1.165, 1.54) is 0 Å². The number of para-hydroxylation sites is 2. The number of carbonyl (C=O) groups is 5. The molecule has 2 heterocycles. The van der Waals surface area contributed by atoms with E-state index in [-0.39, 0.29) is 5.91 Å². The van der Waals surface area contributed by atoms with Crippen LogP contribution in [0.3, 0.4) is 0 Å². The van der Waals surface area contributed by atoms with Gasteiger partial charge in [0.05, 0.1) is 24.1 Å². The number of carboxylic acid groups (broad SMARTS) is 4. The summed E-state index contributed by atoms with van der Waals surface area (Å²) in [6.45, 7) is 5.29. The molecule has 14 nitrogen and oxygen atoms in total. The van der Waals surface area contributed by atoms with Gasteiger partial charge in [0.25, 0.3) is 0 Å². The summed E-state index contributed by atoms with van der Waals surface area (Å²) < 4.78 is 0.